The highest BCUT2D eigenvalue weighted by atomic mass is 32.1. The van der Waals surface area contributed by atoms with Gasteiger partial charge in [-0.2, -0.15) is 4.37 Å². The van der Waals surface area contributed by atoms with Gasteiger partial charge in [-0.05, 0) is 27.2 Å². The number of anilines is 1. The van der Waals surface area contributed by atoms with Gasteiger partial charge in [-0.25, -0.2) is 4.98 Å². The number of aliphatic carboxylic acids is 1. The highest BCUT2D eigenvalue weighted by Gasteiger charge is 2.14. The summed E-state index contributed by atoms with van der Waals surface area (Å²) in [4.78, 5) is 16.9. The molecular formula is C10H17N3O2S. The molecule has 0 aliphatic carbocycles. The lowest BCUT2D eigenvalue weighted by Gasteiger charge is -2.25. The molecule has 0 fully saturated rings. The van der Waals surface area contributed by atoms with E-state index >= 15 is 0 Å². The molecule has 0 aliphatic rings. The molecule has 0 amide bonds. The van der Waals surface area contributed by atoms with Crippen LogP contribution >= 0.6 is 11.5 Å². The quantitative estimate of drug-likeness (QED) is 0.827. The smallest absolute Gasteiger partial charge is 0.303 e. The van der Waals surface area contributed by atoms with Gasteiger partial charge in [0.15, 0.2) is 0 Å². The van der Waals surface area contributed by atoms with Crippen LogP contribution in [0.1, 0.15) is 32.5 Å². The van der Waals surface area contributed by atoms with Gasteiger partial charge in [-0.1, -0.05) is 0 Å². The summed E-state index contributed by atoms with van der Waals surface area (Å²) in [5.74, 6) is 0.0148. The average molecular weight is 243 g/mol. The number of hydrogen-bond donors (Lipinski definition) is 1. The number of carboxylic acids is 1. The Balaban J connectivity index is 2.58. The Hall–Kier alpha value is -1.17. The molecule has 0 saturated heterocycles. The molecule has 1 rings (SSSR count). The summed E-state index contributed by atoms with van der Waals surface area (Å²) in [7, 11) is 0. The fraction of sp³-hybridized carbons (Fsp3) is 0.700. The van der Waals surface area contributed by atoms with Crippen LogP contribution in [0.5, 0.6) is 0 Å². The van der Waals surface area contributed by atoms with Crippen LogP contribution in [0.2, 0.25) is 0 Å². The minimum absolute atomic E-state index is 0.195. The maximum atomic E-state index is 10.4. The van der Waals surface area contributed by atoms with Crippen molar-refractivity contribution in [3.63, 3.8) is 0 Å². The molecule has 1 aromatic heterocycles. The summed E-state index contributed by atoms with van der Waals surface area (Å²) in [6.07, 6.45) is 0.827. The molecule has 0 aliphatic heterocycles. The predicted octanol–water partition coefficient (Wildman–Crippen LogP) is 1.93. The first-order chi connectivity index (χ1) is 7.50. The second kappa shape index (κ2) is 5.79. The molecule has 0 bridgehead atoms. The lowest BCUT2D eigenvalue weighted by molar-refractivity contribution is -0.137. The molecule has 0 spiro atoms. The number of nitrogens with zero attached hydrogens (tertiary/aromatic N) is 3. The summed E-state index contributed by atoms with van der Waals surface area (Å²) in [6, 6.07) is 0.307. The number of hydrogen-bond acceptors (Lipinski definition) is 5. The van der Waals surface area contributed by atoms with Crippen LogP contribution in [0, 0.1) is 6.92 Å². The Morgan fingerprint density at radius 2 is 2.25 bits per heavy atom. The SMILES string of the molecule is Cc1nsc(N(CCCC(=O)O)C(C)C)n1. The van der Waals surface area contributed by atoms with E-state index < -0.39 is 5.97 Å². The molecule has 0 radical (unpaired) electrons. The summed E-state index contributed by atoms with van der Waals surface area (Å²) in [6.45, 7) is 6.70. The van der Waals surface area contributed by atoms with Crippen LogP contribution in [0.15, 0.2) is 0 Å². The molecular weight excluding hydrogens is 226 g/mol. The van der Waals surface area contributed by atoms with Crippen LogP contribution in [0.3, 0.4) is 0 Å². The lowest BCUT2D eigenvalue weighted by Crippen LogP contribution is -2.31. The van der Waals surface area contributed by atoms with Gasteiger partial charge in [-0.3, -0.25) is 4.79 Å². The first-order valence-electron chi connectivity index (χ1n) is 5.29. The van der Waals surface area contributed by atoms with E-state index in [2.05, 4.69) is 28.1 Å². The molecule has 90 valence electrons. The van der Waals surface area contributed by atoms with Crippen LogP contribution in [0.4, 0.5) is 5.13 Å². The van der Waals surface area contributed by atoms with Gasteiger partial charge in [0.1, 0.15) is 5.82 Å². The second-order valence-electron chi connectivity index (χ2n) is 3.91. The van der Waals surface area contributed by atoms with Gasteiger partial charge in [-0.15, -0.1) is 0 Å². The molecule has 5 nitrogen and oxygen atoms in total. The largest absolute Gasteiger partial charge is 0.481 e. The lowest BCUT2D eigenvalue weighted by atomic mass is 10.2. The van der Waals surface area contributed by atoms with E-state index in [1.807, 2.05) is 6.92 Å². The standard InChI is InChI=1S/C10H17N3O2S/c1-7(2)13(6-4-5-9(14)15)10-11-8(3)12-16-10/h7H,4-6H2,1-3H3,(H,14,15). The highest BCUT2D eigenvalue weighted by molar-refractivity contribution is 7.09. The first kappa shape index (κ1) is 12.9. The summed E-state index contributed by atoms with van der Waals surface area (Å²) >= 11 is 1.36. The van der Waals surface area contributed by atoms with E-state index in [9.17, 15) is 4.79 Å². The van der Waals surface area contributed by atoms with E-state index in [0.29, 0.717) is 19.0 Å². The molecule has 0 aromatic carbocycles. The van der Waals surface area contributed by atoms with Crippen LogP contribution in [-0.4, -0.2) is 33.0 Å². The minimum atomic E-state index is -0.753. The van der Waals surface area contributed by atoms with Crippen molar-refractivity contribution < 1.29 is 9.90 Å². The number of carboxylic acid groups (broad SMARTS) is 1. The van der Waals surface area contributed by atoms with Crippen molar-refractivity contribution in [2.45, 2.75) is 39.7 Å². The Morgan fingerprint density at radius 1 is 1.56 bits per heavy atom. The molecule has 0 saturated carbocycles. The first-order valence-corrected chi connectivity index (χ1v) is 6.06. The van der Waals surface area contributed by atoms with Gasteiger partial charge >= 0.3 is 5.97 Å². The molecule has 1 heterocycles. The zero-order chi connectivity index (χ0) is 12.1. The third-order valence-corrected chi connectivity index (χ3v) is 3.02. The van der Waals surface area contributed by atoms with Crippen molar-refractivity contribution in [2.75, 3.05) is 11.4 Å². The normalized spacial score (nSPS) is 10.8. The van der Waals surface area contributed by atoms with Gasteiger partial charge in [0.05, 0.1) is 0 Å². The topological polar surface area (TPSA) is 66.3 Å². The Labute approximate surface area is 99.3 Å². The van der Waals surface area contributed by atoms with Crippen LogP contribution < -0.4 is 4.90 Å². The summed E-state index contributed by atoms with van der Waals surface area (Å²) < 4.78 is 4.14. The van der Waals surface area contributed by atoms with E-state index in [1.54, 1.807) is 0 Å². The fourth-order valence-electron chi connectivity index (χ4n) is 1.38. The minimum Gasteiger partial charge on any atom is -0.481 e. The Kier molecular flexibility index (Phi) is 4.67. The maximum Gasteiger partial charge on any atom is 0.303 e. The maximum absolute atomic E-state index is 10.4. The van der Waals surface area contributed by atoms with E-state index in [0.717, 1.165) is 11.0 Å². The Bertz CT molecular complexity index is 352. The molecule has 1 N–H and O–H groups in total. The molecule has 6 heteroatoms. The van der Waals surface area contributed by atoms with Crippen LogP contribution in [0.25, 0.3) is 0 Å². The third kappa shape index (κ3) is 3.77. The van der Waals surface area contributed by atoms with Gasteiger partial charge in [0.25, 0.3) is 0 Å². The van der Waals surface area contributed by atoms with Crippen molar-refractivity contribution in [2.24, 2.45) is 0 Å². The monoisotopic (exact) mass is 243 g/mol. The van der Waals surface area contributed by atoms with E-state index in [4.69, 9.17) is 5.11 Å². The number of aryl methyl sites for hydroxylation is 1. The zero-order valence-corrected chi connectivity index (χ0v) is 10.6. The van der Waals surface area contributed by atoms with Crippen molar-refractivity contribution in [1.29, 1.82) is 0 Å². The average Bonchev–Trinajstić information content (AvgIpc) is 2.58. The number of carbonyl (C=O) groups is 1. The van der Waals surface area contributed by atoms with Crippen molar-refractivity contribution in [3.05, 3.63) is 5.82 Å². The fourth-order valence-corrected chi connectivity index (χ4v) is 2.21. The van der Waals surface area contributed by atoms with Gasteiger partial charge in [0.2, 0.25) is 5.13 Å². The molecule has 16 heavy (non-hydrogen) atoms. The number of aromatic nitrogens is 2. The van der Waals surface area contributed by atoms with Gasteiger partial charge < -0.3 is 10.0 Å². The predicted molar refractivity (Wildman–Crippen MR) is 64.0 cm³/mol. The van der Waals surface area contributed by atoms with E-state index in [-0.39, 0.29) is 6.42 Å². The molecule has 1 aromatic rings. The number of rotatable bonds is 6. The highest BCUT2D eigenvalue weighted by Crippen LogP contribution is 2.19. The zero-order valence-electron chi connectivity index (χ0n) is 9.80. The Morgan fingerprint density at radius 3 is 2.69 bits per heavy atom. The van der Waals surface area contributed by atoms with Crippen molar-refractivity contribution in [3.8, 4) is 0 Å². The molecule has 0 atom stereocenters. The third-order valence-electron chi connectivity index (χ3n) is 2.18. The summed E-state index contributed by atoms with van der Waals surface area (Å²) in [5, 5.41) is 9.47. The molecule has 0 unspecified atom stereocenters. The van der Waals surface area contributed by atoms with Crippen molar-refractivity contribution in [1.82, 2.24) is 9.36 Å². The van der Waals surface area contributed by atoms with Gasteiger partial charge in [0, 0.05) is 30.5 Å². The van der Waals surface area contributed by atoms with Crippen LogP contribution in [-0.2, 0) is 4.79 Å². The second-order valence-corrected chi connectivity index (χ2v) is 4.64. The van der Waals surface area contributed by atoms with Crippen molar-refractivity contribution >= 4 is 22.6 Å². The summed E-state index contributed by atoms with van der Waals surface area (Å²) in [5.41, 5.74) is 0. The van der Waals surface area contributed by atoms with E-state index in [1.165, 1.54) is 11.5 Å².